The van der Waals surface area contributed by atoms with Crippen molar-refractivity contribution in [1.82, 2.24) is 4.98 Å². The SMILES string of the molecule is c1ccc(-c2cccc(N(c3ccc4ccc(-c5ccccc5)cc4c3)c3ccccc3-c3cccc(-c4ccc5c(ccc6oc(-c7ccccc7)nc65)c4)c3)c2)cc1. The van der Waals surface area contributed by atoms with Crippen LogP contribution >= 0.6 is 0 Å². The Hall–Kier alpha value is -8.01. The molecule has 0 bridgehead atoms. The van der Waals surface area contributed by atoms with Gasteiger partial charge in [-0.1, -0.05) is 164 Å². The van der Waals surface area contributed by atoms with E-state index in [2.05, 4.69) is 199 Å². The Bertz CT molecular complexity index is 3320. The lowest BCUT2D eigenvalue weighted by Crippen LogP contribution is -2.11. The van der Waals surface area contributed by atoms with Crippen LogP contribution in [0.5, 0.6) is 0 Å². The molecule has 0 fully saturated rings. The predicted octanol–water partition coefficient (Wildman–Crippen LogP) is 15.9. The summed E-state index contributed by atoms with van der Waals surface area (Å²) in [6.45, 7) is 0. The van der Waals surface area contributed by atoms with Crippen LogP contribution in [0.25, 0.3) is 88.6 Å². The first-order valence-electron chi connectivity index (χ1n) is 20.4. The van der Waals surface area contributed by atoms with Gasteiger partial charge in [0.2, 0.25) is 5.89 Å². The van der Waals surface area contributed by atoms with E-state index in [0.717, 1.165) is 66.8 Å². The predicted molar refractivity (Wildman–Crippen MR) is 251 cm³/mol. The molecule has 1 aromatic heterocycles. The topological polar surface area (TPSA) is 29.3 Å². The number of hydrogen-bond donors (Lipinski definition) is 0. The lowest BCUT2D eigenvalue weighted by atomic mass is 9.95. The summed E-state index contributed by atoms with van der Waals surface area (Å²) in [5.74, 6) is 0.634. The molecule has 0 atom stereocenters. The summed E-state index contributed by atoms with van der Waals surface area (Å²) in [7, 11) is 0. The summed E-state index contributed by atoms with van der Waals surface area (Å²) in [6, 6.07) is 82.2. The zero-order valence-corrected chi connectivity index (χ0v) is 32.7. The third kappa shape index (κ3) is 6.58. The molecular weight excluding hydrogens is 729 g/mol. The second-order valence-electron chi connectivity index (χ2n) is 15.2. The molecule has 3 nitrogen and oxygen atoms in total. The Balaban J connectivity index is 1.02. The molecule has 11 aromatic rings. The maximum Gasteiger partial charge on any atom is 0.227 e. The van der Waals surface area contributed by atoms with Crippen LogP contribution < -0.4 is 4.90 Å². The van der Waals surface area contributed by atoms with Gasteiger partial charge >= 0.3 is 0 Å². The third-order valence-electron chi connectivity index (χ3n) is 11.4. The summed E-state index contributed by atoms with van der Waals surface area (Å²) in [6.07, 6.45) is 0. The van der Waals surface area contributed by atoms with Gasteiger partial charge in [0.05, 0.1) is 5.69 Å². The molecule has 11 rings (SSSR count). The molecule has 1 heterocycles. The minimum atomic E-state index is 0.634. The van der Waals surface area contributed by atoms with Crippen molar-refractivity contribution >= 4 is 49.7 Å². The molecule has 0 saturated carbocycles. The Labute approximate surface area is 349 Å². The lowest BCUT2D eigenvalue weighted by molar-refractivity contribution is 0.620. The highest BCUT2D eigenvalue weighted by atomic mass is 16.3. The van der Waals surface area contributed by atoms with Gasteiger partial charge in [-0.15, -0.1) is 0 Å². The molecule has 0 N–H and O–H groups in total. The molecular formula is C57H38N2O. The second kappa shape index (κ2) is 15.1. The lowest BCUT2D eigenvalue weighted by Gasteiger charge is -2.29. The summed E-state index contributed by atoms with van der Waals surface area (Å²) >= 11 is 0. The molecule has 0 unspecified atom stereocenters. The van der Waals surface area contributed by atoms with E-state index in [1.54, 1.807) is 0 Å². The van der Waals surface area contributed by atoms with Crippen LogP contribution in [0.1, 0.15) is 0 Å². The highest BCUT2D eigenvalue weighted by molar-refractivity contribution is 6.05. The Morgan fingerprint density at radius 2 is 0.883 bits per heavy atom. The van der Waals surface area contributed by atoms with E-state index in [9.17, 15) is 0 Å². The second-order valence-corrected chi connectivity index (χ2v) is 15.2. The fourth-order valence-electron chi connectivity index (χ4n) is 8.45. The molecule has 10 aromatic carbocycles. The van der Waals surface area contributed by atoms with Gasteiger partial charge in [-0.05, 0) is 122 Å². The first kappa shape index (κ1) is 35.2. The fraction of sp³-hybridized carbons (Fsp3) is 0. The van der Waals surface area contributed by atoms with Crippen LogP contribution in [0.3, 0.4) is 0 Å². The first-order valence-corrected chi connectivity index (χ1v) is 20.4. The summed E-state index contributed by atoms with van der Waals surface area (Å²) in [5, 5.41) is 4.58. The molecule has 60 heavy (non-hydrogen) atoms. The number of nitrogens with zero attached hydrogens (tertiary/aromatic N) is 2. The van der Waals surface area contributed by atoms with E-state index in [4.69, 9.17) is 9.40 Å². The molecule has 0 spiro atoms. The minimum Gasteiger partial charge on any atom is -0.436 e. The molecule has 0 saturated heterocycles. The van der Waals surface area contributed by atoms with E-state index in [1.807, 2.05) is 36.4 Å². The van der Waals surface area contributed by atoms with Crippen molar-refractivity contribution in [2.45, 2.75) is 0 Å². The molecule has 282 valence electrons. The van der Waals surface area contributed by atoms with Crippen LogP contribution in [0.15, 0.2) is 235 Å². The number of rotatable bonds is 8. The van der Waals surface area contributed by atoms with Crippen LogP contribution in [-0.2, 0) is 0 Å². The molecule has 0 aliphatic carbocycles. The highest BCUT2D eigenvalue weighted by Gasteiger charge is 2.19. The fourth-order valence-corrected chi connectivity index (χ4v) is 8.45. The number of aromatic nitrogens is 1. The number of fused-ring (bicyclic) bond motifs is 4. The van der Waals surface area contributed by atoms with Crippen molar-refractivity contribution in [3.05, 3.63) is 231 Å². The van der Waals surface area contributed by atoms with Gasteiger partial charge in [-0.2, -0.15) is 0 Å². The molecule has 0 radical (unpaired) electrons. The maximum absolute atomic E-state index is 6.19. The van der Waals surface area contributed by atoms with Crippen LogP contribution in [0, 0.1) is 0 Å². The zero-order valence-electron chi connectivity index (χ0n) is 32.7. The van der Waals surface area contributed by atoms with E-state index in [-0.39, 0.29) is 0 Å². The van der Waals surface area contributed by atoms with E-state index in [1.165, 1.54) is 33.0 Å². The van der Waals surface area contributed by atoms with E-state index >= 15 is 0 Å². The van der Waals surface area contributed by atoms with Gasteiger partial charge in [0.15, 0.2) is 5.58 Å². The molecule has 3 heteroatoms. The van der Waals surface area contributed by atoms with Gasteiger partial charge < -0.3 is 9.32 Å². The van der Waals surface area contributed by atoms with Crippen molar-refractivity contribution in [2.24, 2.45) is 0 Å². The quantitative estimate of drug-likeness (QED) is 0.154. The van der Waals surface area contributed by atoms with Crippen LogP contribution in [0.4, 0.5) is 17.1 Å². The number of para-hydroxylation sites is 1. The number of benzene rings is 10. The van der Waals surface area contributed by atoms with Gasteiger partial charge in [-0.25, -0.2) is 4.98 Å². The monoisotopic (exact) mass is 766 g/mol. The number of anilines is 3. The Kier molecular flexibility index (Phi) is 8.83. The van der Waals surface area contributed by atoms with E-state index in [0.29, 0.717) is 5.89 Å². The van der Waals surface area contributed by atoms with Crippen molar-refractivity contribution in [2.75, 3.05) is 4.90 Å². The zero-order chi connectivity index (χ0) is 39.8. The van der Waals surface area contributed by atoms with Gasteiger partial charge in [0, 0.05) is 27.9 Å². The van der Waals surface area contributed by atoms with Crippen molar-refractivity contribution in [1.29, 1.82) is 0 Å². The maximum atomic E-state index is 6.19. The Morgan fingerprint density at radius 1 is 0.333 bits per heavy atom. The van der Waals surface area contributed by atoms with E-state index < -0.39 is 0 Å². The molecule has 0 aliphatic heterocycles. The Morgan fingerprint density at radius 3 is 1.67 bits per heavy atom. The largest absolute Gasteiger partial charge is 0.436 e. The van der Waals surface area contributed by atoms with Crippen molar-refractivity contribution in [3.8, 4) is 56.0 Å². The van der Waals surface area contributed by atoms with Crippen molar-refractivity contribution in [3.63, 3.8) is 0 Å². The van der Waals surface area contributed by atoms with Crippen molar-refractivity contribution < 1.29 is 4.42 Å². The normalized spacial score (nSPS) is 11.3. The van der Waals surface area contributed by atoms with Gasteiger partial charge in [0.25, 0.3) is 0 Å². The summed E-state index contributed by atoms with van der Waals surface area (Å²) < 4.78 is 6.19. The number of oxazole rings is 1. The summed E-state index contributed by atoms with van der Waals surface area (Å²) in [5.41, 5.74) is 15.2. The van der Waals surface area contributed by atoms with Crippen LogP contribution in [0.2, 0.25) is 0 Å². The molecule has 0 amide bonds. The standard InChI is InChI=1S/C57H38N2O/c1-4-14-39(15-5-1)44-21-13-23-50(37-44)59(51-31-28-41-26-27-45(36-49(41)38-51)40-16-6-2-7-17-40)54-25-11-10-24-52(54)47-22-12-20-43(34-47)46-29-32-53-48(35-46)30-33-55-56(53)58-57(60-55)42-18-8-3-9-19-42/h1-38H. The highest BCUT2D eigenvalue weighted by Crippen LogP contribution is 2.44. The van der Waals surface area contributed by atoms with Gasteiger partial charge in [0.1, 0.15) is 5.52 Å². The number of hydrogen-bond acceptors (Lipinski definition) is 3. The third-order valence-corrected chi connectivity index (χ3v) is 11.4. The first-order chi connectivity index (χ1) is 29.7. The summed E-state index contributed by atoms with van der Waals surface area (Å²) in [4.78, 5) is 7.34. The average Bonchev–Trinajstić information content (AvgIpc) is 3.78. The van der Waals surface area contributed by atoms with Gasteiger partial charge in [-0.3, -0.25) is 0 Å². The van der Waals surface area contributed by atoms with Crippen LogP contribution in [-0.4, -0.2) is 4.98 Å². The minimum absolute atomic E-state index is 0.634. The molecule has 0 aliphatic rings. The average molecular weight is 767 g/mol. The smallest absolute Gasteiger partial charge is 0.227 e.